The second kappa shape index (κ2) is 6.65. The van der Waals surface area contributed by atoms with Gasteiger partial charge < -0.3 is 20.3 Å². The lowest BCUT2D eigenvalue weighted by Crippen LogP contribution is -2.06. The number of nitrogen functional groups attached to an aromatic ring is 1. The molecule has 0 amide bonds. The fourth-order valence-electron chi connectivity index (χ4n) is 2.00. The highest BCUT2D eigenvalue weighted by Crippen LogP contribution is 2.26. The molecule has 0 heterocycles. The van der Waals surface area contributed by atoms with Gasteiger partial charge in [-0.05, 0) is 23.3 Å². The van der Waals surface area contributed by atoms with E-state index in [2.05, 4.69) is 0 Å². The summed E-state index contributed by atoms with van der Waals surface area (Å²) in [4.78, 5) is 10.8. The van der Waals surface area contributed by atoms with Gasteiger partial charge in [0.25, 0.3) is 0 Å². The average molecular weight is 287 g/mol. The molecule has 0 atom stereocenters. The number of nitrogens with two attached hydrogens (primary N) is 1. The van der Waals surface area contributed by atoms with Crippen molar-refractivity contribution in [3.8, 4) is 11.5 Å². The molecular weight excluding hydrogens is 270 g/mol. The molecule has 2 aromatic carbocycles. The summed E-state index contributed by atoms with van der Waals surface area (Å²) < 4.78 is 10.7. The van der Waals surface area contributed by atoms with Crippen LogP contribution in [0.5, 0.6) is 11.5 Å². The number of hydrogen-bond donors (Lipinski definition) is 2. The number of anilines is 1. The van der Waals surface area contributed by atoms with Crippen molar-refractivity contribution in [2.24, 2.45) is 0 Å². The van der Waals surface area contributed by atoms with Crippen LogP contribution in [0.4, 0.5) is 5.69 Å². The Morgan fingerprint density at radius 2 is 1.90 bits per heavy atom. The van der Waals surface area contributed by atoms with Gasteiger partial charge in [-0.3, -0.25) is 4.79 Å². The van der Waals surface area contributed by atoms with Crippen molar-refractivity contribution in [1.29, 1.82) is 0 Å². The molecule has 0 aromatic heterocycles. The van der Waals surface area contributed by atoms with E-state index in [0.717, 1.165) is 11.1 Å². The van der Waals surface area contributed by atoms with Crippen LogP contribution in [0.1, 0.15) is 11.1 Å². The molecule has 0 saturated carbocycles. The van der Waals surface area contributed by atoms with Crippen LogP contribution in [-0.2, 0) is 17.8 Å². The topological polar surface area (TPSA) is 81.8 Å². The molecule has 0 fully saturated rings. The minimum absolute atomic E-state index is 0.0235. The average Bonchev–Trinajstić information content (AvgIpc) is 2.46. The molecule has 0 aliphatic carbocycles. The first-order chi connectivity index (χ1) is 10.1. The zero-order valence-corrected chi connectivity index (χ0v) is 11.7. The molecule has 3 N–H and O–H groups in total. The van der Waals surface area contributed by atoms with Gasteiger partial charge in [0.05, 0.1) is 19.2 Å². The number of hydrogen-bond acceptors (Lipinski definition) is 4. The van der Waals surface area contributed by atoms with E-state index in [9.17, 15) is 4.79 Å². The molecule has 0 radical (unpaired) electrons. The van der Waals surface area contributed by atoms with E-state index in [1.54, 1.807) is 31.4 Å². The third-order valence-corrected chi connectivity index (χ3v) is 3.06. The van der Waals surface area contributed by atoms with E-state index in [1.165, 1.54) is 0 Å². The predicted molar refractivity (Wildman–Crippen MR) is 79.5 cm³/mol. The van der Waals surface area contributed by atoms with Crippen LogP contribution in [-0.4, -0.2) is 18.2 Å². The Balaban J connectivity index is 2.09. The number of carbonyl (C=O) groups is 1. The van der Waals surface area contributed by atoms with Crippen molar-refractivity contribution < 1.29 is 19.4 Å². The van der Waals surface area contributed by atoms with Crippen LogP contribution in [0, 0.1) is 0 Å². The SMILES string of the molecule is COc1ccc(OCc2ccccc2CC(=O)O)cc1N. The molecule has 0 aliphatic heterocycles. The molecule has 2 rings (SSSR count). The summed E-state index contributed by atoms with van der Waals surface area (Å²) in [6.07, 6.45) is -0.0235. The molecule has 0 spiro atoms. The van der Waals surface area contributed by atoms with Gasteiger partial charge in [0.2, 0.25) is 0 Å². The zero-order valence-electron chi connectivity index (χ0n) is 11.7. The summed E-state index contributed by atoms with van der Waals surface area (Å²) >= 11 is 0. The van der Waals surface area contributed by atoms with Crippen molar-refractivity contribution in [3.05, 3.63) is 53.6 Å². The minimum atomic E-state index is -0.865. The summed E-state index contributed by atoms with van der Waals surface area (Å²) in [5.41, 5.74) is 7.89. The number of carboxylic acid groups (broad SMARTS) is 1. The van der Waals surface area contributed by atoms with E-state index in [4.69, 9.17) is 20.3 Å². The number of methoxy groups -OCH3 is 1. The normalized spacial score (nSPS) is 10.1. The van der Waals surface area contributed by atoms with Crippen molar-refractivity contribution in [2.75, 3.05) is 12.8 Å². The highest BCUT2D eigenvalue weighted by Gasteiger charge is 2.07. The maximum atomic E-state index is 10.8. The standard InChI is InChI=1S/C16H17NO4/c1-20-15-7-6-13(9-14(15)17)21-10-12-5-3-2-4-11(12)8-16(18)19/h2-7,9H,8,10,17H2,1H3,(H,18,19). The quantitative estimate of drug-likeness (QED) is 0.798. The Hall–Kier alpha value is -2.69. The molecule has 110 valence electrons. The highest BCUT2D eigenvalue weighted by molar-refractivity contribution is 5.70. The van der Waals surface area contributed by atoms with Crippen molar-refractivity contribution in [2.45, 2.75) is 13.0 Å². The molecule has 5 nitrogen and oxygen atoms in total. The fourth-order valence-corrected chi connectivity index (χ4v) is 2.00. The number of rotatable bonds is 6. The van der Waals surface area contributed by atoms with Crippen LogP contribution in [0.3, 0.4) is 0 Å². The Bertz CT molecular complexity index is 640. The van der Waals surface area contributed by atoms with E-state index in [-0.39, 0.29) is 13.0 Å². The molecule has 21 heavy (non-hydrogen) atoms. The monoisotopic (exact) mass is 287 g/mol. The maximum Gasteiger partial charge on any atom is 0.307 e. The molecule has 5 heteroatoms. The van der Waals surface area contributed by atoms with Crippen LogP contribution in [0.2, 0.25) is 0 Å². The number of benzene rings is 2. The molecular formula is C16H17NO4. The van der Waals surface area contributed by atoms with Gasteiger partial charge >= 0.3 is 5.97 Å². The second-order valence-electron chi connectivity index (χ2n) is 4.53. The van der Waals surface area contributed by atoms with Crippen LogP contribution >= 0.6 is 0 Å². The van der Waals surface area contributed by atoms with Gasteiger partial charge in [-0.2, -0.15) is 0 Å². The van der Waals surface area contributed by atoms with Crippen molar-refractivity contribution in [3.63, 3.8) is 0 Å². The Morgan fingerprint density at radius 3 is 2.52 bits per heavy atom. The molecule has 2 aromatic rings. The first kappa shape index (κ1) is 14.7. The van der Waals surface area contributed by atoms with E-state index < -0.39 is 5.97 Å². The molecule has 0 unspecified atom stereocenters. The van der Waals surface area contributed by atoms with Crippen LogP contribution in [0.25, 0.3) is 0 Å². The summed E-state index contributed by atoms with van der Waals surface area (Å²) in [5.74, 6) is 0.336. The lowest BCUT2D eigenvalue weighted by atomic mass is 10.1. The number of ether oxygens (including phenoxy) is 2. The lowest BCUT2D eigenvalue weighted by Gasteiger charge is -2.11. The largest absolute Gasteiger partial charge is 0.495 e. The van der Waals surface area contributed by atoms with Gasteiger partial charge in [-0.15, -0.1) is 0 Å². The smallest absolute Gasteiger partial charge is 0.307 e. The van der Waals surface area contributed by atoms with Gasteiger partial charge in [0.1, 0.15) is 18.1 Å². The third-order valence-electron chi connectivity index (χ3n) is 3.06. The van der Waals surface area contributed by atoms with Gasteiger partial charge in [0.15, 0.2) is 0 Å². The zero-order chi connectivity index (χ0) is 15.2. The van der Waals surface area contributed by atoms with Crippen LogP contribution < -0.4 is 15.2 Å². The van der Waals surface area contributed by atoms with E-state index >= 15 is 0 Å². The Kier molecular flexibility index (Phi) is 4.66. The van der Waals surface area contributed by atoms with Gasteiger partial charge in [0, 0.05) is 6.07 Å². The van der Waals surface area contributed by atoms with Gasteiger partial charge in [-0.25, -0.2) is 0 Å². The van der Waals surface area contributed by atoms with E-state index in [0.29, 0.717) is 17.2 Å². The minimum Gasteiger partial charge on any atom is -0.495 e. The summed E-state index contributed by atoms with van der Waals surface area (Å²) in [7, 11) is 1.55. The van der Waals surface area contributed by atoms with E-state index in [1.807, 2.05) is 18.2 Å². The number of aliphatic carboxylic acids is 1. The number of carboxylic acids is 1. The third kappa shape index (κ3) is 3.89. The molecule has 0 bridgehead atoms. The Labute approximate surface area is 122 Å². The molecule has 0 aliphatic rings. The first-order valence-electron chi connectivity index (χ1n) is 6.45. The first-order valence-corrected chi connectivity index (χ1v) is 6.45. The van der Waals surface area contributed by atoms with Crippen molar-refractivity contribution >= 4 is 11.7 Å². The summed E-state index contributed by atoms with van der Waals surface area (Å²) in [5, 5.41) is 8.90. The van der Waals surface area contributed by atoms with Crippen LogP contribution in [0.15, 0.2) is 42.5 Å². The fraction of sp³-hybridized carbons (Fsp3) is 0.188. The summed E-state index contributed by atoms with van der Waals surface area (Å²) in [6, 6.07) is 12.5. The van der Waals surface area contributed by atoms with Gasteiger partial charge in [-0.1, -0.05) is 24.3 Å². The lowest BCUT2D eigenvalue weighted by molar-refractivity contribution is -0.136. The second-order valence-corrected chi connectivity index (χ2v) is 4.53. The predicted octanol–water partition coefficient (Wildman–Crippen LogP) is 2.48. The van der Waals surface area contributed by atoms with Crippen molar-refractivity contribution in [1.82, 2.24) is 0 Å². The highest BCUT2D eigenvalue weighted by atomic mass is 16.5. The summed E-state index contributed by atoms with van der Waals surface area (Å²) in [6.45, 7) is 0.287. The Morgan fingerprint density at radius 1 is 1.19 bits per heavy atom. The molecule has 0 saturated heterocycles. The maximum absolute atomic E-state index is 10.8.